The SMILES string of the molecule is C#CCOC(=O)c1cc(-n2cccc2)ccc1N1CCCCC1C. The van der Waals surface area contributed by atoms with Crippen LogP contribution in [0, 0.1) is 12.3 Å². The monoisotopic (exact) mass is 322 g/mol. The highest BCUT2D eigenvalue weighted by Crippen LogP contribution is 2.30. The number of carbonyl (C=O) groups excluding carboxylic acids is 1. The molecule has 2 aromatic rings. The summed E-state index contributed by atoms with van der Waals surface area (Å²) < 4.78 is 7.18. The molecule has 1 aliphatic rings. The van der Waals surface area contributed by atoms with E-state index < -0.39 is 0 Å². The Morgan fingerprint density at radius 1 is 1.33 bits per heavy atom. The van der Waals surface area contributed by atoms with Crippen molar-refractivity contribution >= 4 is 11.7 Å². The van der Waals surface area contributed by atoms with Gasteiger partial charge in [-0.3, -0.25) is 0 Å². The highest BCUT2D eigenvalue weighted by Gasteiger charge is 2.24. The van der Waals surface area contributed by atoms with Crippen LogP contribution < -0.4 is 4.90 Å². The van der Waals surface area contributed by atoms with Crippen molar-refractivity contribution in [1.29, 1.82) is 0 Å². The first kappa shape index (κ1) is 16.2. The smallest absolute Gasteiger partial charge is 0.341 e. The van der Waals surface area contributed by atoms with Crippen molar-refractivity contribution < 1.29 is 9.53 Å². The number of terminal acetylenes is 1. The minimum absolute atomic E-state index is 0.0123. The number of rotatable bonds is 4. The number of nitrogens with zero attached hydrogens (tertiary/aromatic N) is 2. The van der Waals surface area contributed by atoms with Gasteiger partial charge in [0.1, 0.15) is 0 Å². The molecular formula is C20H22N2O2. The molecule has 0 aliphatic carbocycles. The maximum atomic E-state index is 12.5. The molecule has 0 radical (unpaired) electrons. The summed E-state index contributed by atoms with van der Waals surface area (Å²) in [7, 11) is 0. The van der Waals surface area contributed by atoms with Crippen LogP contribution >= 0.6 is 0 Å². The van der Waals surface area contributed by atoms with E-state index >= 15 is 0 Å². The molecule has 124 valence electrons. The number of benzene rings is 1. The van der Waals surface area contributed by atoms with Gasteiger partial charge < -0.3 is 14.2 Å². The lowest BCUT2D eigenvalue weighted by Gasteiger charge is -2.36. The number of carbonyl (C=O) groups is 1. The van der Waals surface area contributed by atoms with E-state index in [1.807, 2.05) is 47.3 Å². The molecular weight excluding hydrogens is 300 g/mol. The second-order valence-electron chi connectivity index (χ2n) is 6.11. The fraction of sp³-hybridized carbons (Fsp3) is 0.350. The summed E-state index contributed by atoms with van der Waals surface area (Å²) in [6.07, 6.45) is 12.6. The number of piperidine rings is 1. The maximum absolute atomic E-state index is 12.5. The van der Waals surface area contributed by atoms with Gasteiger partial charge in [0.05, 0.1) is 11.3 Å². The molecule has 24 heavy (non-hydrogen) atoms. The summed E-state index contributed by atoms with van der Waals surface area (Å²) in [6.45, 7) is 3.15. The lowest BCUT2D eigenvalue weighted by Crippen LogP contribution is -2.38. The predicted octanol–water partition coefficient (Wildman–Crippen LogP) is 3.65. The fourth-order valence-corrected chi connectivity index (χ4v) is 3.25. The van der Waals surface area contributed by atoms with Crippen LogP contribution in [-0.4, -0.2) is 29.7 Å². The summed E-state index contributed by atoms with van der Waals surface area (Å²) in [6, 6.07) is 10.3. The molecule has 0 spiro atoms. The van der Waals surface area contributed by atoms with Gasteiger partial charge in [0.15, 0.2) is 6.61 Å². The number of ether oxygens (including phenoxy) is 1. The van der Waals surface area contributed by atoms with Crippen molar-refractivity contribution in [2.75, 3.05) is 18.1 Å². The van der Waals surface area contributed by atoms with Gasteiger partial charge >= 0.3 is 5.97 Å². The van der Waals surface area contributed by atoms with Crippen LogP contribution in [0.1, 0.15) is 36.5 Å². The zero-order chi connectivity index (χ0) is 16.9. The summed E-state index contributed by atoms with van der Waals surface area (Å²) in [5, 5.41) is 0. The van der Waals surface area contributed by atoms with Crippen LogP contribution in [0.2, 0.25) is 0 Å². The van der Waals surface area contributed by atoms with Crippen molar-refractivity contribution in [3.63, 3.8) is 0 Å². The summed E-state index contributed by atoms with van der Waals surface area (Å²) in [5.74, 6) is 1.99. The second kappa shape index (κ2) is 7.27. The first-order valence-electron chi connectivity index (χ1n) is 8.35. The summed E-state index contributed by atoms with van der Waals surface area (Å²) >= 11 is 0. The topological polar surface area (TPSA) is 34.5 Å². The third-order valence-corrected chi connectivity index (χ3v) is 4.50. The van der Waals surface area contributed by atoms with Gasteiger partial charge in [0.25, 0.3) is 0 Å². The van der Waals surface area contributed by atoms with Gasteiger partial charge in [-0.2, -0.15) is 0 Å². The quantitative estimate of drug-likeness (QED) is 0.636. The van der Waals surface area contributed by atoms with Crippen molar-refractivity contribution in [2.24, 2.45) is 0 Å². The van der Waals surface area contributed by atoms with Gasteiger partial charge in [-0.1, -0.05) is 5.92 Å². The van der Waals surface area contributed by atoms with E-state index in [0.29, 0.717) is 11.6 Å². The lowest BCUT2D eigenvalue weighted by molar-refractivity contribution is 0.0557. The molecule has 1 unspecified atom stereocenters. The van der Waals surface area contributed by atoms with Crippen LogP contribution in [0.3, 0.4) is 0 Å². The van der Waals surface area contributed by atoms with Crippen LogP contribution in [0.15, 0.2) is 42.7 Å². The van der Waals surface area contributed by atoms with E-state index in [-0.39, 0.29) is 12.6 Å². The predicted molar refractivity (Wildman–Crippen MR) is 95.5 cm³/mol. The average molecular weight is 322 g/mol. The van der Waals surface area contributed by atoms with Crippen LogP contribution in [0.4, 0.5) is 5.69 Å². The Morgan fingerprint density at radius 3 is 2.83 bits per heavy atom. The van der Waals surface area contributed by atoms with Crippen LogP contribution in [0.5, 0.6) is 0 Å². The van der Waals surface area contributed by atoms with E-state index in [9.17, 15) is 4.79 Å². The molecule has 0 saturated carbocycles. The Labute approximate surface area is 143 Å². The van der Waals surface area contributed by atoms with Gasteiger partial charge in [-0.15, -0.1) is 6.42 Å². The first-order chi connectivity index (χ1) is 11.7. The van der Waals surface area contributed by atoms with E-state index in [2.05, 4.69) is 17.7 Å². The third-order valence-electron chi connectivity index (χ3n) is 4.50. The van der Waals surface area contributed by atoms with Crippen molar-refractivity contribution in [3.8, 4) is 18.0 Å². The van der Waals surface area contributed by atoms with Crippen molar-refractivity contribution in [1.82, 2.24) is 4.57 Å². The van der Waals surface area contributed by atoms with Crippen LogP contribution in [0.25, 0.3) is 5.69 Å². The molecule has 1 fully saturated rings. The Balaban J connectivity index is 2.00. The standard InChI is InChI=1S/C20H22N2O2/c1-3-14-24-20(23)18-15-17(21-11-6-7-12-21)9-10-19(18)22-13-5-4-8-16(22)2/h1,6-7,9-12,15-16H,4-5,8,13-14H2,2H3. The summed E-state index contributed by atoms with van der Waals surface area (Å²) in [4.78, 5) is 14.8. The molecule has 4 nitrogen and oxygen atoms in total. The zero-order valence-corrected chi connectivity index (χ0v) is 13.9. The van der Waals surface area contributed by atoms with E-state index in [1.165, 1.54) is 6.42 Å². The highest BCUT2D eigenvalue weighted by molar-refractivity contribution is 5.96. The third kappa shape index (κ3) is 3.30. The maximum Gasteiger partial charge on any atom is 0.341 e. The molecule has 1 atom stereocenters. The second-order valence-corrected chi connectivity index (χ2v) is 6.11. The minimum atomic E-state index is -0.366. The fourth-order valence-electron chi connectivity index (χ4n) is 3.25. The Morgan fingerprint density at radius 2 is 2.12 bits per heavy atom. The van der Waals surface area contributed by atoms with E-state index in [4.69, 9.17) is 11.2 Å². The molecule has 1 aromatic carbocycles. The number of anilines is 1. The number of aromatic nitrogens is 1. The molecule has 3 rings (SSSR count). The molecule has 1 saturated heterocycles. The molecule has 2 heterocycles. The number of hydrogen-bond donors (Lipinski definition) is 0. The van der Waals surface area contributed by atoms with Gasteiger partial charge in [0, 0.05) is 30.7 Å². The lowest BCUT2D eigenvalue weighted by atomic mass is 10.0. The Kier molecular flexibility index (Phi) is 4.90. The molecule has 0 bridgehead atoms. The van der Waals surface area contributed by atoms with E-state index in [0.717, 1.165) is 30.8 Å². The minimum Gasteiger partial charge on any atom is -0.449 e. The normalized spacial score (nSPS) is 17.3. The van der Waals surface area contributed by atoms with Gasteiger partial charge in [-0.05, 0) is 56.5 Å². The number of hydrogen-bond acceptors (Lipinski definition) is 3. The highest BCUT2D eigenvalue weighted by atomic mass is 16.5. The molecule has 1 aliphatic heterocycles. The Hall–Kier alpha value is -2.67. The molecule has 0 amide bonds. The molecule has 1 aromatic heterocycles. The molecule has 0 N–H and O–H groups in total. The van der Waals surface area contributed by atoms with Gasteiger partial charge in [-0.25, -0.2) is 4.79 Å². The first-order valence-corrected chi connectivity index (χ1v) is 8.35. The van der Waals surface area contributed by atoms with Crippen LogP contribution in [-0.2, 0) is 4.74 Å². The summed E-state index contributed by atoms with van der Waals surface area (Å²) in [5.41, 5.74) is 2.44. The Bertz CT molecular complexity index is 743. The zero-order valence-electron chi connectivity index (χ0n) is 13.9. The van der Waals surface area contributed by atoms with Crippen molar-refractivity contribution in [3.05, 3.63) is 48.3 Å². The van der Waals surface area contributed by atoms with E-state index in [1.54, 1.807) is 0 Å². The molecule has 4 heteroatoms. The average Bonchev–Trinajstić information content (AvgIpc) is 3.14. The van der Waals surface area contributed by atoms with Crippen molar-refractivity contribution in [2.45, 2.75) is 32.2 Å². The van der Waals surface area contributed by atoms with Gasteiger partial charge in [0.2, 0.25) is 0 Å². The largest absolute Gasteiger partial charge is 0.449 e. The number of esters is 1.